The maximum absolute atomic E-state index is 9.27. The lowest BCUT2D eigenvalue weighted by molar-refractivity contribution is 0.198. The second kappa shape index (κ2) is 7.35. The Hall–Kier alpha value is -2.58. The predicted octanol–water partition coefficient (Wildman–Crippen LogP) is 1.27. The maximum atomic E-state index is 9.27. The van der Waals surface area contributed by atoms with Crippen molar-refractivity contribution in [3.05, 3.63) is 53.9 Å². The molecule has 8 nitrogen and oxygen atoms in total. The number of hydrogen-bond acceptors (Lipinski definition) is 6. The van der Waals surface area contributed by atoms with Crippen molar-refractivity contribution >= 4 is 0 Å². The number of rotatable bonds is 5. The van der Waals surface area contributed by atoms with E-state index in [4.69, 9.17) is 0 Å². The molecule has 2 aromatic heterocycles. The van der Waals surface area contributed by atoms with Crippen molar-refractivity contribution in [2.75, 3.05) is 13.1 Å². The second-order valence-electron chi connectivity index (χ2n) is 6.73. The van der Waals surface area contributed by atoms with E-state index in [9.17, 15) is 5.11 Å². The van der Waals surface area contributed by atoms with E-state index in [1.54, 1.807) is 0 Å². The number of aliphatic hydroxyl groups is 1. The third-order valence-corrected chi connectivity index (χ3v) is 5.04. The Morgan fingerprint density at radius 2 is 1.85 bits per heavy atom. The van der Waals surface area contributed by atoms with Gasteiger partial charge in [0.25, 0.3) is 0 Å². The lowest BCUT2D eigenvalue weighted by Gasteiger charge is -2.30. The minimum Gasteiger partial charge on any atom is -0.388 e. The molecule has 1 saturated heterocycles. The first kappa shape index (κ1) is 16.9. The highest BCUT2D eigenvalue weighted by atomic mass is 16.3. The van der Waals surface area contributed by atoms with Crippen LogP contribution in [-0.4, -0.2) is 52.9 Å². The van der Waals surface area contributed by atoms with Crippen molar-refractivity contribution in [2.45, 2.75) is 31.9 Å². The highest BCUT2D eigenvalue weighted by Gasteiger charge is 2.25. The van der Waals surface area contributed by atoms with Gasteiger partial charge in [0.1, 0.15) is 12.4 Å². The Labute approximate surface area is 152 Å². The summed E-state index contributed by atoms with van der Waals surface area (Å²) in [4.78, 5) is 2.40. The first-order valence-corrected chi connectivity index (χ1v) is 8.92. The number of aliphatic hydroxyl groups excluding tert-OH is 1. The fourth-order valence-corrected chi connectivity index (χ4v) is 3.52. The molecule has 0 atom stereocenters. The molecule has 1 fully saturated rings. The molecule has 26 heavy (non-hydrogen) atoms. The SMILES string of the molecule is Cn1c(CO)nnc1C1CCN(Cc2cn(-c3ccccc3)nn2)CC1. The zero-order chi connectivity index (χ0) is 17.9. The summed E-state index contributed by atoms with van der Waals surface area (Å²) in [7, 11) is 1.93. The predicted molar refractivity (Wildman–Crippen MR) is 95.5 cm³/mol. The van der Waals surface area contributed by atoms with Crippen LogP contribution in [0.4, 0.5) is 0 Å². The van der Waals surface area contributed by atoms with Crippen molar-refractivity contribution in [1.82, 2.24) is 34.7 Å². The van der Waals surface area contributed by atoms with Gasteiger partial charge in [0, 0.05) is 19.5 Å². The van der Waals surface area contributed by atoms with Crippen LogP contribution in [0.15, 0.2) is 36.5 Å². The zero-order valence-corrected chi connectivity index (χ0v) is 14.9. The molecule has 0 radical (unpaired) electrons. The van der Waals surface area contributed by atoms with Crippen LogP contribution in [0, 0.1) is 0 Å². The minimum absolute atomic E-state index is 0.0700. The molecule has 1 N–H and O–H groups in total. The van der Waals surface area contributed by atoms with Gasteiger partial charge in [-0.15, -0.1) is 15.3 Å². The summed E-state index contributed by atoms with van der Waals surface area (Å²) in [5.41, 5.74) is 2.00. The van der Waals surface area contributed by atoms with Crippen LogP contribution in [0.1, 0.15) is 36.1 Å². The summed E-state index contributed by atoms with van der Waals surface area (Å²) >= 11 is 0. The Kier molecular flexibility index (Phi) is 4.77. The molecule has 3 aromatic rings. The van der Waals surface area contributed by atoms with Crippen molar-refractivity contribution in [2.24, 2.45) is 7.05 Å². The maximum Gasteiger partial charge on any atom is 0.158 e. The van der Waals surface area contributed by atoms with Crippen molar-refractivity contribution in [1.29, 1.82) is 0 Å². The highest BCUT2D eigenvalue weighted by molar-refractivity contribution is 5.29. The molecule has 0 saturated carbocycles. The van der Waals surface area contributed by atoms with E-state index in [0.717, 1.165) is 49.7 Å². The van der Waals surface area contributed by atoms with E-state index in [-0.39, 0.29) is 6.61 Å². The number of aromatic nitrogens is 6. The fourth-order valence-electron chi connectivity index (χ4n) is 3.52. The van der Waals surface area contributed by atoms with Crippen LogP contribution in [0.3, 0.4) is 0 Å². The minimum atomic E-state index is -0.0700. The smallest absolute Gasteiger partial charge is 0.158 e. The number of piperidine rings is 1. The number of para-hydroxylation sites is 1. The van der Waals surface area contributed by atoms with Crippen LogP contribution >= 0.6 is 0 Å². The molecule has 0 spiro atoms. The van der Waals surface area contributed by atoms with E-state index in [2.05, 4.69) is 25.4 Å². The Morgan fingerprint density at radius 3 is 2.54 bits per heavy atom. The third kappa shape index (κ3) is 3.38. The normalized spacial score (nSPS) is 16.2. The largest absolute Gasteiger partial charge is 0.388 e. The second-order valence-corrected chi connectivity index (χ2v) is 6.73. The standard InChI is InChI=1S/C18H23N7O/c1-23-17(13-26)20-21-18(23)14-7-9-24(10-8-14)11-15-12-25(22-19-15)16-5-3-2-4-6-16/h2-6,12,14,26H,7-11,13H2,1H3. The van der Waals surface area contributed by atoms with Gasteiger partial charge >= 0.3 is 0 Å². The molecule has 0 aliphatic carbocycles. The molecule has 0 bridgehead atoms. The zero-order valence-electron chi connectivity index (χ0n) is 14.9. The van der Waals surface area contributed by atoms with Crippen LogP contribution in [0.25, 0.3) is 5.69 Å². The van der Waals surface area contributed by atoms with Gasteiger partial charge in [-0.25, -0.2) is 4.68 Å². The van der Waals surface area contributed by atoms with Gasteiger partial charge in [0.05, 0.1) is 17.6 Å². The molecule has 0 amide bonds. The van der Waals surface area contributed by atoms with Gasteiger partial charge in [0.2, 0.25) is 0 Å². The average Bonchev–Trinajstić information content (AvgIpc) is 3.30. The summed E-state index contributed by atoms with van der Waals surface area (Å²) in [6.45, 7) is 2.72. The summed E-state index contributed by atoms with van der Waals surface area (Å²) in [6, 6.07) is 10.0. The van der Waals surface area contributed by atoms with Crippen LogP contribution in [-0.2, 0) is 20.2 Å². The molecule has 3 heterocycles. The Balaban J connectivity index is 1.35. The van der Waals surface area contributed by atoms with Gasteiger partial charge in [-0.05, 0) is 38.1 Å². The summed E-state index contributed by atoms with van der Waals surface area (Å²) in [6.07, 6.45) is 4.06. The quantitative estimate of drug-likeness (QED) is 0.743. The number of benzene rings is 1. The van der Waals surface area contributed by atoms with E-state index in [1.165, 1.54) is 0 Å². The van der Waals surface area contributed by atoms with Crippen LogP contribution in [0.5, 0.6) is 0 Å². The lowest BCUT2D eigenvalue weighted by atomic mass is 9.96. The Morgan fingerprint density at radius 1 is 1.08 bits per heavy atom. The molecule has 0 unspecified atom stereocenters. The molecular formula is C18H23N7O. The molecule has 1 aliphatic heterocycles. The summed E-state index contributed by atoms with van der Waals surface area (Å²) in [5.74, 6) is 1.99. The number of nitrogens with zero attached hydrogens (tertiary/aromatic N) is 7. The van der Waals surface area contributed by atoms with Gasteiger partial charge in [-0.1, -0.05) is 23.4 Å². The fraction of sp³-hybridized carbons (Fsp3) is 0.444. The first-order chi connectivity index (χ1) is 12.7. The number of hydrogen-bond donors (Lipinski definition) is 1. The molecule has 4 rings (SSSR count). The summed E-state index contributed by atoms with van der Waals surface area (Å²) < 4.78 is 3.74. The van der Waals surface area contributed by atoms with Gasteiger partial charge < -0.3 is 9.67 Å². The monoisotopic (exact) mass is 353 g/mol. The topological polar surface area (TPSA) is 84.9 Å². The van der Waals surface area contributed by atoms with Gasteiger partial charge in [0.15, 0.2) is 5.82 Å². The van der Waals surface area contributed by atoms with Crippen molar-refractivity contribution in [3.63, 3.8) is 0 Å². The van der Waals surface area contributed by atoms with Gasteiger partial charge in [-0.3, -0.25) is 4.90 Å². The van der Waals surface area contributed by atoms with Crippen molar-refractivity contribution < 1.29 is 5.11 Å². The van der Waals surface area contributed by atoms with E-state index >= 15 is 0 Å². The average molecular weight is 353 g/mol. The number of likely N-dealkylation sites (tertiary alicyclic amines) is 1. The molecule has 1 aliphatic rings. The van der Waals surface area contributed by atoms with Gasteiger partial charge in [-0.2, -0.15) is 0 Å². The molecule has 8 heteroatoms. The summed E-state index contributed by atoms with van der Waals surface area (Å²) in [5, 5.41) is 26.1. The molecule has 136 valence electrons. The van der Waals surface area contributed by atoms with Crippen LogP contribution < -0.4 is 0 Å². The van der Waals surface area contributed by atoms with E-state index in [1.807, 2.05) is 52.8 Å². The van der Waals surface area contributed by atoms with Crippen molar-refractivity contribution in [3.8, 4) is 5.69 Å². The highest BCUT2D eigenvalue weighted by Crippen LogP contribution is 2.27. The van der Waals surface area contributed by atoms with E-state index < -0.39 is 0 Å². The molecule has 1 aromatic carbocycles. The molecular weight excluding hydrogens is 330 g/mol. The Bertz CT molecular complexity index is 850. The third-order valence-electron chi connectivity index (χ3n) is 5.04. The first-order valence-electron chi connectivity index (χ1n) is 8.92. The van der Waals surface area contributed by atoms with E-state index in [0.29, 0.717) is 11.7 Å². The van der Waals surface area contributed by atoms with Crippen LogP contribution in [0.2, 0.25) is 0 Å². The lowest BCUT2D eigenvalue weighted by Crippen LogP contribution is -2.33.